The number of hydrogen-bond donors (Lipinski definition) is 1. The smallest absolute Gasteiger partial charge is 0.0720 e. The third kappa shape index (κ3) is 5.52. The number of hydrogen-bond acceptors (Lipinski definition) is 3. The van der Waals surface area contributed by atoms with Gasteiger partial charge in [0, 0.05) is 6.61 Å². The van der Waals surface area contributed by atoms with Gasteiger partial charge in [0.05, 0.1) is 24.9 Å². The van der Waals surface area contributed by atoms with Crippen molar-refractivity contribution in [1.82, 2.24) is 0 Å². The molecule has 0 saturated heterocycles. The molecule has 0 spiro atoms. The van der Waals surface area contributed by atoms with Gasteiger partial charge in [-0.3, -0.25) is 0 Å². The Kier molecular flexibility index (Phi) is 6.34. The molecule has 3 heteroatoms. The third-order valence-corrected chi connectivity index (χ3v) is 1.65. The molecule has 0 radical (unpaired) electrons. The molecule has 2 atom stereocenters. The van der Waals surface area contributed by atoms with E-state index >= 15 is 0 Å². The second-order valence-electron chi connectivity index (χ2n) is 3.21. The van der Waals surface area contributed by atoms with Crippen LogP contribution in [0.3, 0.4) is 0 Å². The van der Waals surface area contributed by atoms with Crippen molar-refractivity contribution >= 4 is 0 Å². The van der Waals surface area contributed by atoms with E-state index in [1.807, 2.05) is 27.7 Å². The van der Waals surface area contributed by atoms with Crippen molar-refractivity contribution in [2.45, 2.75) is 45.9 Å². The summed E-state index contributed by atoms with van der Waals surface area (Å²) in [6.45, 7) is 9.20. The summed E-state index contributed by atoms with van der Waals surface area (Å²) in [4.78, 5) is 0. The summed E-state index contributed by atoms with van der Waals surface area (Å²) in [5.74, 6) is 0. The van der Waals surface area contributed by atoms with Crippen LogP contribution in [0.25, 0.3) is 0 Å². The first kappa shape index (κ1) is 11.9. The van der Waals surface area contributed by atoms with Gasteiger partial charge in [-0.1, -0.05) is 0 Å². The first-order chi connectivity index (χ1) is 5.57. The van der Waals surface area contributed by atoms with E-state index in [2.05, 4.69) is 0 Å². The van der Waals surface area contributed by atoms with Crippen molar-refractivity contribution in [3.8, 4) is 0 Å². The maximum atomic E-state index is 5.80. The summed E-state index contributed by atoms with van der Waals surface area (Å²) in [5, 5.41) is 0. The van der Waals surface area contributed by atoms with Crippen LogP contribution in [0.15, 0.2) is 0 Å². The van der Waals surface area contributed by atoms with Crippen molar-refractivity contribution in [3.05, 3.63) is 0 Å². The first-order valence-electron chi connectivity index (χ1n) is 4.56. The molecule has 3 nitrogen and oxygen atoms in total. The zero-order valence-electron chi connectivity index (χ0n) is 8.54. The molecule has 2 unspecified atom stereocenters. The zero-order chi connectivity index (χ0) is 9.56. The highest BCUT2D eigenvalue weighted by Gasteiger charge is 2.12. The van der Waals surface area contributed by atoms with E-state index in [9.17, 15) is 0 Å². The van der Waals surface area contributed by atoms with Crippen LogP contribution in [0.1, 0.15) is 27.7 Å². The fourth-order valence-corrected chi connectivity index (χ4v) is 0.826. The van der Waals surface area contributed by atoms with Crippen molar-refractivity contribution < 1.29 is 9.47 Å². The largest absolute Gasteiger partial charge is 0.377 e. The van der Waals surface area contributed by atoms with Gasteiger partial charge in [0.2, 0.25) is 0 Å². The van der Waals surface area contributed by atoms with Crippen LogP contribution in [0.5, 0.6) is 0 Å². The molecular formula is C9H21NO2. The highest BCUT2D eigenvalue weighted by atomic mass is 16.5. The first-order valence-corrected chi connectivity index (χ1v) is 4.56. The maximum Gasteiger partial charge on any atom is 0.0720 e. The third-order valence-electron chi connectivity index (χ3n) is 1.65. The lowest BCUT2D eigenvalue weighted by Crippen LogP contribution is -2.39. The number of ether oxygens (including phenoxy) is 2. The fourth-order valence-electron chi connectivity index (χ4n) is 0.826. The van der Waals surface area contributed by atoms with E-state index in [1.54, 1.807) is 0 Å². The molecule has 0 saturated carbocycles. The maximum absolute atomic E-state index is 5.80. The predicted molar refractivity (Wildman–Crippen MR) is 50.2 cm³/mol. The van der Waals surface area contributed by atoms with Crippen LogP contribution in [0, 0.1) is 0 Å². The van der Waals surface area contributed by atoms with Crippen molar-refractivity contribution in [1.29, 1.82) is 0 Å². The molecule has 0 aliphatic heterocycles. The molecular weight excluding hydrogens is 154 g/mol. The van der Waals surface area contributed by atoms with Gasteiger partial charge in [-0.05, 0) is 27.7 Å². The Balaban J connectivity index is 3.49. The van der Waals surface area contributed by atoms with Gasteiger partial charge in [-0.2, -0.15) is 0 Å². The number of nitrogens with two attached hydrogens (primary N) is 1. The van der Waals surface area contributed by atoms with E-state index in [0.717, 1.165) is 0 Å². The summed E-state index contributed by atoms with van der Waals surface area (Å²) in [7, 11) is 0. The molecule has 0 aromatic rings. The Labute approximate surface area is 75.2 Å². The van der Waals surface area contributed by atoms with Crippen LogP contribution in [-0.4, -0.2) is 31.5 Å². The van der Waals surface area contributed by atoms with E-state index in [-0.39, 0.29) is 18.2 Å². The topological polar surface area (TPSA) is 44.5 Å². The molecule has 0 amide bonds. The minimum Gasteiger partial charge on any atom is -0.377 e. The minimum absolute atomic E-state index is 0.0210. The zero-order valence-corrected chi connectivity index (χ0v) is 8.54. The van der Waals surface area contributed by atoms with Gasteiger partial charge >= 0.3 is 0 Å². The molecule has 0 heterocycles. The van der Waals surface area contributed by atoms with Gasteiger partial charge < -0.3 is 15.2 Å². The second kappa shape index (κ2) is 6.40. The Hall–Kier alpha value is -0.120. The lowest BCUT2D eigenvalue weighted by molar-refractivity contribution is 0.00538. The van der Waals surface area contributed by atoms with Crippen LogP contribution >= 0.6 is 0 Å². The molecule has 0 aromatic carbocycles. The van der Waals surface area contributed by atoms with Crippen molar-refractivity contribution in [2.75, 3.05) is 13.2 Å². The van der Waals surface area contributed by atoms with E-state index in [1.165, 1.54) is 0 Å². The van der Waals surface area contributed by atoms with Crippen LogP contribution < -0.4 is 5.73 Å². The normalized spacial score (nSPS) is 16.5. The molecule has 74 valence electrons. The van der Waals surface area contributed by atoms with Crippen LogP contribution in [0.4, 0.5) is 0 Å². The Morgan fingerprint density at radius 3 is 2.17 bits per heavy atom. The summed E-state index contributed by atoms with van der Waals surface area (Å²) < 4.78 is 10.7. The van der Waals surface area contributed by atoms with E-state index < -0.39 is 0 Å². The summed E-state index contributed by atoms with van der Waals surface area (Å²) >= 11 is 0. The molecule has 0 aromatic heterocycles. The lowest BCUT2D eigenvalue weighted by Gasteiger charge is -2.20. The number of rotatable bonds is 6. The molecule has 12 heavy (non-hydrogen) atoms. The summed E-state index contributed by atoms with van der Waals surface area (Å²) in [6, 6.07) is -0.0210. The second-order valence-corrected chi connectivity index (χ2v) is 3.21. The standard InChI is InChI=1S/C9H21NO2/c1-5-11-8(4)9(10)6-12-7(2)3/h7-9H,5-6,10H2,1-4H3. The molecule has 0 fully saturated rings. The van der Waals surface area contributed by atoms with Crippen LogP contribution in [0.2, 0.25) is 0 Å². The Morgan fingerprint density at radius 2 is 1.75 bits per heavy atom. The van der Waals surface area contributed by atoms with Crippen molar-refractivity contribution in [3.63, 3.8) is 0 Å². The molecule has 0 bridgehead atoms. The highest BCUT2D eigenvalue weighted by Crippen LogP contribution is 1.98. The lowest BCUT2D eigenvalue weighted by atomic mass is 10.2. The molecule has 0 aliphatic rings. The van der Waals surface area contributed by atoms with E-state index in [0.29, 0.717) is 13.2 Å². The van der Waals surface area contributed by atoms with Crippen molar-refractivity contribution in [2.24, 2.45) is 5.73 Å². The average molecular weight is 175 g/mol. The van der Waals surface area contributed by atoms with Crippen LogP contribution in [-0.2, 0) is 9.47 Å². The van der Waals surface area contributed by atoms with Gasteiger partial charge in [0.15, 0.2) is 0 Å². The molecule has 2 N–H and O–H groups in total. The quantitative estimate of drug-likeness (QED) is 0.659. The summed E-state index contributed by atoms with van der Waals surface area (Å²) in [5.41, 5.74) is 5.80. The predicted octanol–water partition coefficient (Wildman–Crippen LogP) is 1.16. The van der Waals surface area contributed by atoms with Gasteiger partial charge in [0.25, 0.3) is 0 Å². The average Bonchev–Trinajstić information content (AvgIpc) is 2.00. The monoisotopic (exact) mass is 175 g/mol. The van der Waals surface area contributed by atoms with E-state index in [4.69, 9.17) is 15.2 Å². The van der Waals surface area contributed by atoms with Gasteiger partial charge in [-0.25, -0.2) is 0 Å². The Bertz CT molecular complexity index is 107. The SMILES string of the molecule is CCOC(C)C(N)COC(C)C. The Morgan fingerprint density at radius 1 is 1.17 bits per heavy atom. The minimum atomic E-state index is -0.0210. The fraction of sp³-hybridized carbons (Fsp3) is 1.00. The summed E-state index contributed by atoms with van der Waals surface area (Å²) in [6.07, 6.45) is 0.318. The van der Waals surface area contributed by atoms with Gasteiger partial charge in [0.1, 0.15) is 0 Å². The molecule has 0 rings (SSSR count). The highest BCUT2D eigenvalue weighted by molar-refractivity contribution is 4.68. The molecule has 0 aliphatic carbocycles. The van der Waals surface area contributed by atoms with Gasteiger partial charge in [-0.15, -0.1) is 0 Å².